The molecule has 0 aliphatic heterocycles. The predicted molar refractivity (Wildman–Crippen MR) is 87.7 cm³/mol. The zero-order chi connectivity index (χ0) is 16.4. The molecule has 1 amide bonds. The smallest absolute Gasteiger partial charge is 0.324 e. The lowest BCUT2D eigenvalue weighted by atomic mass is 9.90. The fraction of sp³-hybridized carbons (Fsp3) is 0.353. The molecule has 2 aromatic rings. The van der Waals surface area contributed by atoms with Crippen LogP contribution in [0, 0.1) is 0 Å². The highest BCUT2D eigenvalue weighted by Crippen LogP contribution is 2.27. The van der Waals surface area contributed by atoms with Crippen LogP contribution in [0.4, 0.5) is 5.69 Å². The number of aromatic nitrogens is 2. The Morgan fingerprint density at radius 3 is 2.78 bits per heavy atom. The maximum atomic E-state index is 12.3. The highest BCUT2D eigenvalue weighted by atomic mass is 16.2. The standard InChI is InChI=1S/C17H19N3O3/c1-19-16(22)9-10-20(17(19)23)11-15(21)18-14-8-4-6-12-5-2-3-7-13(12)14/h4,6,8-10H,2-3,5,7,11H2,1H3,(H,18,21). The summed E-state index contributed by atoms with van der Waals surface area (Å²) in [7, 11) is 1.40. The molecule has 1 aliphatic carbocycles. The third-order valence-corrected chi connectivity index (χ3v) is 4.24. The first kappa shape index (κ1) is 15.3. The van der Waals surface area contributed by atoms with Crippen molar-refractivity contribution >= 4 is 11.6 Å². The van der Waals surface area contributed by atoms with E-state index >= 15 is 0 Å². The fourth-order valence-corrected chi connectivity index (χ4v) is 2.98. The first-order valence-electron chi connectivity index (χ1n) is 7.73. The summed E-state index contributed by atoms with van der Waals surface area (Å²) < 4.78 is 2.21. The molecular formula is C17H19N3O3. The van der Waals surface area contributed by atoms with Gasteiger partial charge in [0.1, 0.15) is 6.54 Å². The van der Waals surface area contributed by atoms with E-state index in [0.717, 1.165) is 29.5 Å². The molecule has 0 spiro atoms. The van der Waals surface area contributed by atoms with Crippen LogP contribution in [-0.4, -0.2) is 15.0 Å². The lowest BCUT2D eigenvalue weighted by Gasteiger charge is -2.19. The summed E-state index contributed by atoms with van der Waals surface area (Å²) in [5.41, 5.74) is 2.42. The van der Waals surface area contributed by atoms with Gasteiger partial charge in [-0.25, -0.2) is 4.79 Å². The molecule has 120 valence electrons. The van der Waals surface area contributed by atoms with Crippen LogP contribution >= 0.6 is 0 Å². The minimum Gasteiger partial charge on any atom is -0.324 e. The Bertz CT molecular complexity index is 864. The van der Waals surface area contributed by atoms with E-state index in [-0.39, 0.29) is 18.0 Å². The quantitative estimate of drug-likeness (QED) is 0.921. The van der Waals surface area contributed by atoms with Gasteiger partial charge in [-0.05, 0) is 42.9 Å². The van der Waals surface area contributed by atoms with Crippen molar-refractivity contribution in [3.05, 3.63) is 62.4 Å². The predicted octanol–water partition coefficient (Wildman–Crippen LogP) is 1.06. The van der Waals surface area contributed by atoms with Gasteiger partial charge in [-0.3, -0.25) is 18.7 Å². The number of carbonyl (C=O) groups is 1. The molecule has 1 aliphatic rings. The van der Waals surface area contributed by atoms with E-state index in [1.54, 1.807) is 0 Å². The van der Waals surface area contributed by atoms with Gasteiger partial charge in [0.05, 0.1) is 0 Å². The van der Waals surface area contributed by atoms with Gasteiger partial charge in [0, 0.05) is 25.0 Å². The number of carbonyl (C=O) groups excluding carboxylic acids is 1. The fourth-order valence-electron chi connectivity index (χ4n) is 2.98. The Balaban J connectivity index is 1.80. The number of fused-ring (bicyclic) bond motifs is 1. The second-order valence-corrected chi connectivity index (χ2v) is 5.82. The Morgan fingerprint density at radius 2 is 1.96 bits per heavy atom. The minimum absolute atomic E-state index is 0.114. The van der Waals surface area contributed by atoms with E-state index in [2.05, 4.69) is 11.4 Å². The van der Waals surface area contributed by atoms with Crippen LogP contribution in [0.1, 0.15) is 24.0 Å². The van der Waals surface area contributed by atoms with Crippen LogP contribution in [0.2, 0.25) is 0 Å². The molecule has 0 fully saturated rings. The number of hydrogen-bond acceptors (Lipinski definition) is 3. The van der Waals surface area contributed by atoms with E-state index in [1.807, 2.05) is 12.1 Å². The summed E-state index contributed by atoms with van der Waals surface area (Å²) in [5.74, 6) is -0.273. The van der Waals surface area contributed by atoms with Crippen molar-refractivity contribution < 1.29 is 4.79 Å². The Morgan fingerprint density at radius 1 is 1.17 bits per heavy atom. The topological polar surface area (TPSA) is 73.1 Å². The van der Waals surface area contributed by atoms with Crippen molar-refractivity contribution in [3.63, 3.8) is 0 Å². The number of benzene rings is 1. The van der Waals surface area contributed by atoms with Crippen LogP contribution in [0.3, 0.4) is 0 Å². The molecular weight excluding hydrogens is 294 g/mol. The Labute approximate surface area is 133 Å². The van der Waals surface area contributed by atoms with Crippen molar-refractivity contribution in [3.8, 4) is 0 Å². The van der Waals surface area contributed by atoms with Gasteiger partial charge >= 0.3 is 5.69 Å². The first-order valence-corrected chi connectivity index (χ1v) is 7.73. The Kier molecular flexibility index (Phi) is 4.14. The molecule has 0 saturated carbocycles. The molecule has 0 unspecified atom stereocenters. The van der Waals surface area contributed by atoms with E-state index < -0.39 is 5.69 Å². The molecule has 3 rings (SSSR count). The number of nitrogens with zero attached hydrogens (tertiary/aromatic N) is 2. The minimum atomic E-state index is -0.497. The van der Waals surface area contributed by atoms with Gasteiger partial charge in [0.15, 0.2) is 0 Å². The first-order chi connectivity index (χ1) is 11.1. The Hall–Kier alpha value is -2.63. The van der Waals surface area contributed by atoms with E-state index in [0.29, 0.717) is 0 Å². The normalized spacial score (nSPS) is 13.4. The highest BCUT2D eigenvalue weighted by Gasteiger charge is 2.15. The van der Waals surface area contributed by atoms with Crippen molar-refractivity contribution in [2.75, 3.05) is 5.32 Å². The maximum absolute atomic E-state index is 12.3. The molecule has 1 aromatic carbocycles. The van der Waals surface area contributed by atoms with Gasteiger partial charge < -0.3 is 5.32 Å². The zero-order valence-corrected chi connectivity index (χ0v) is 13.0. The largest absolute Gasteiger partial charge is 0.331 e. The van der Waals surface area contributed by atoms with Gasteiger partial charge in [-0.1, -0.05) is 12.1 Å². The highest BCUT2D eigenvalue weighted by molar-refractivity contribution is 5.91. The van der Waals surface area contributed by atoms with Crippen molar-refractivity contribution in [1.82, 2.24) is 9.13 Å². The van der Waals surface area contributed by atoms with Crippen LogP contribution in [0.5, 0.6) is 0 Å². The van der Waals surface area contributed by atoms with Gasteiger partial charge in [-0.15, -0.1) is 0 Å². The summed E-state index contributed by atoms with van der Waals surface area (Å²) >= 11 is 0. The average Bonchev–Trinajstić information content (AvgIpc) is 2.56. The molecule has 1 N–H and O–H groups in total. The molecule has 6 nitrogen and oxygen atoms in total. The molecule has 1 heterocycles. The van der Waals surface area contributed by atoms with Crippen LogP contribution in [0.25, 0.3) is 0 Å². The summed E-state index contributed by atoms with van der Waals surface area (Å²) in [6.07, 6.45) is 5.66. The van der Waals surface area contributed by atoms with Crippen LogP contribution in [0.15, 0.2) is 40.1 Å². The summed E-state index contributed by atoms with van der Waals surface area (Å²) in [6.45, 7) is -0.114. The number of nitrogens with one attached hydrogen (secondary N) is 1. The molecule has 23 heavy (non-hydrogen) atoms. The van der Waals surface area contributed by atoms with Gasteiger partial charge in [-0.2, -0.15) is 0 Å². The van der Waals surface area contributed by atoms with Crippen molar-refractivity contribution in [1.29, 1.82) is 0 Å². The number of aryl methyl sites for hydroxylation is 1. The number of amides is 1. The van der Waals surface area contributed by atoms with E-state index in [4.69, 9.17) is 0 Å². The number of hydrogen-bond donors (Lipinski definition) is 1. The lowest BCUT2D eigenvalue weighted by Crippen LogP contribution is -2.39. The average molecular weight is 313 g/mol. The van der Waals surface area contributed by atoms with Crippen LogP contribution < -0.4 is 16.6 Å². The monoisotopic (exact) mass is 313 g/mol. The molecule has 6 heteroatoms. The molecule has 0 saturated heterocycles. The summed E-state index contributed by atoms with van der Waals surface area (Å²) in [4.78, 5) is 35.6. The molecule has 0 bridgehead atoms. The van der Waals surface area contributed by atoms with Crippen LogP contribution in [-0.2, 0) is 31.2 Å². The second kappa shape index (κ2) is 6.24. The third-order valence-electron chi connectivity index (χ3n) is 4.24. The van der Waals surface area contributed by atoms with Gasteiger partial charge in [0.2, 0.25) is 5.91 Å². The zero-order valence-electron chi connectivity index (χ0n) is 13.0. The number of anilines is 1. The maximum Gasteiger partial charge on any atom is 0.331 e. The van der Waals surface area contributed by atoms with Crippen molar-refractivity contribution in [2.24, 2.45) is 7.05 Å². The molecule has 0 radical (unpaired) electrons. The molecule has 0 atom stereocenters. The van der Waals surface area contributed by atoms with Crippen molar-refractivity contribution in [2.45, 2.75) is 32.2 Å². The SMILES string of the molecule is Cn1c(=O)ccn(CC(=O)Nc2cccc3c2CCCC3)c1=O. The van der Waals surface area contributed by atoms with E-state index in [9.17, 15) is 14.4 Å². The van der Waals surface area contributed by atoms with E-state index in [1.165, 1.54) is 41.4 Å². The number of rotatable bonds is 3. The lowest BCUT2D eigenvalue weighted by molar-refractivity contribution is -0.116. The third kappa shape index (κ3) is 3.11. The summed E-state index contributed by atoms with van der Waals surface area (Å²) in [6, 6.07) is 7.21. The summed E-state index contributed by atoms with van der Waals surface area (Å²) in [5, 5.41) is 2.89. The second-order valence-electron chi connectivity index (χ2n) is 5.82. The molecule has 1 aromatic heterocycles. The van der Waals surface area contributed by atoms with Gasteiger partial charge in [0.25, 0.3) is 5.56 Å².